The second kappa shape index (κ2) is 6.84. The Morgan fingerprint density at radius 2 is 1.89 bits per heavy atom. The number of aliphatic hydroxyl groups is 1. The Balaban J connectivity index is 1.96. The summed E-state index contributed by atoms with van der Waals surface area (Å²) >= 11 is 0.804. The fourth-order valence-corrected chi connectivity index (χ4v) is 4.47. The van der Waals surface area contributed by atoms with Crippen LogP contribution in [0.1, 0.15) is 11.1 Å². The number of alkyl halides is 3. The summed E-state index contributed by atoms with van der Waals surface area (Å²) in [5, 5.41) is 28.6. The minimum absolute atomic E-state index is 0.0254. The highest BCUT2D eigenvalue weighted by Crippen LogP contribution is 2.41. The van der Waals surface area contributed by atoms with Crippen LogP contribution in [0.5, 0.6) is 5.75 Å². The first-order valence-electron chi connectivity index (χ1n) is 7.37. The predicted octanol–water partition coefficient (Wildman–Crippen LogP) is 3.45. The Hall–Kier alpha value is -3.04. The van der Waals surface area contributed by atoms with Crippen LogP contribution in [-0.2, 0) is 16.4 Å². The minimum Gasteiger partial charge on any atom is -0.506 e. The van der Waals surface area contributed by atoms with Gasteiger partial charge in [0.25, 0.3) is 0 Å². The maximum atomic E-state index is 13.1. The second-order valence-corrected chi connectivity index (χ2v) is 8.12. The van der Waals surface area contributed by atoms with Gasteiger partial charge in [-0.25, -0.2) is 9.03 Å². The van der Waals surface area contributed by atoms with Crippen LogP contribution in [0.25, 0.3) is 0 Å². The summed E-state index contributed by atoms with van der Waals surface area (Å²) in [5.74, 6) is -1.13. The number of hydrogen-bond donors (Lipinski definition) is 3. The number of nitrogens with one attached hydrogen (secondary N) is 1. The first-order valence-corrected chi connectivity index (χ1v) is 9.63. The van der Waals surface area contributed by atoms with Gasteiger partial charge < -0.3 is 10.2 Å². The minimum atomic E-state index is -4.70. The van der Waals surface area contributed by atoms with Crippen molar-refractivity contribution in [1.82, 2.24) is 4.72 Å². The van der Waals surface area contributed by atoms with Crippen LogP contribution in [0.4, 0.5) is 18.9 Å². The molecule has 1 heterocycles. The number of benzene rings is 2. The largest absolute Gasteiger partial charge is 0.506 e. The van der Waals surface area contributed by atoms with Gasteiger partial charge in [-0.1, -0.05) is 17.8 Å². The van der Waals surface area contributed by atoms with Gasteiger partial charge in [0.15, 0.2) is 0 Å². The van der Waals surface area contributed by atoms with Crippen molar-refractivity contribution in [3.63, 3.8) is 0 Å². The maximum Gasteiger partial charge on any atom is 0.417 e. The standard InChI is InChI=1S/C16H10F3N3O4S2/c17-16(18,19)11-2-1-3-14(10(11)7-20)27-9-4-5-12(13(23)6-9)22-8-15(24)21-28(22,25)26/h1-6,8,21,23-24H. The van der Waals surface area contributed by atoms with Gasteiger partial charge in [-0.3, -0.25) is 0 Å². The zero-order chi connectivity index (χ0) is 20.7. The summed E-state index contributed by atoms with van der Waals surface area (Å²) in [6.07, 6.45) is -3.85. The smallest absolute Gasteiger partial charge is 0.417 e. The molecule has 12 heteroatoms. The molecule has 146 valence electrons. The first kappa shape index (κ1) is 19.7. The van der Waals surface area contributed by atoms with Gasteiger partial charge in [0.05, 0.1) is 17.3 Å². The third kappa shape index (κ3) is 3.67. The summed E-state index contributed by atoms with van der Waals surface area (Å²) in [6, 6.07) is 8.55. The number of phenols is 1. The van der Waals surface area contributed by atoms with Gasteiger partial charge in [0.2, 0.25) is 5.88 Å². The number of nitriles is 1. The average Bonchev–Trinajstić information content (AvgIpc) is 2.86. The molecule has 3 rings (SSSR count). The van der Waals surface area contributed by atoms with E-state index < -0.39 is 39.1 Å². The van der Waals surface area contributed by atoms with Crippen molar-refractivity contribution in [2.75, 3.05) is 4.31 Å². The summed E-state index contributed by atoms with van der Waals surface area (Å²) in [4.78, 5) is 0.298. The van der Waals surface area contributed by atoms with Crippen LogP contribution >= 0.6 is 11.8 Å². The third-order valence-corrected chi connectivity index (χ3v) is 5.92. The van der Waals surface area contributed by atoms with Crippen molar-refractivity contribution in [1.29, 1.82) is 5.26 Å². The average molecular weight is 429 g/mol. The molecule has 0 unspecified atom stereocenters. The lowest BCUT2D eigenvalue weighted by Crippen LogP contribution is -2.29. The van der Waals surface area contributed by atoms with Crippen LogP contribution in [-0.4, -0.2) is 18.6 Å². The van der Waals surface area contributed by atoms with Crippen molar-refractivity contribution in [2.45, 2.75) is 16.0 Å². The van der Waals surface area contributed by atoms with Crippen LogP contribution in [0.3, 0.4) is 0 Å². The molecule has 0 saturated heterocycles. The molecule has 0 aromatic heterocycles. The monoisotopic (exact) mass is 429 g/mol. The summed E-state index contributed by atoms with van der Waals surface area (Å²) < 4.78 is 65.3. The number of rotatable bonds is 3. The molecule has 3 N–H and O–H groups in total. The molecule has 28 heavy (non-hydrogen) atoms. The highest BCUT2D eigenvalue weighted by Gasteiger charge is 2.35. The number of halogens is 3. The highest BCUT2D eigenvalue weighted by atomic mass is 32.2. The van der Waals surface area contributed by atoms with Crippen molar-refractivity contribution in [3.8, 4) is 11.8 Å². The fourth-order valence-electron chi connectivity index (χ4n) is 2.43. The molecule has 0 radical (unpaired) electrons. The zero-order valence-corrected chi connectivity index (χ0v) is 15.2. The van der Waals surface area contributed by atoms with Crippen molar-refractivity contribution >= 4 is 27.7 Å². The van der Waals surface area contributed by atoms with Crippen LogP contribution in [0.2, 0.25) is 0 Å². The quantitative estimate of drug-likeness (QED) is 0.689. The van der Waals surface area contributed by atoms with E-state index in [1.54, 1.807) is 6.07 Å². The normalized spacial score (nSPS) is 15.6. The van der Waals surface area contributed by atoms with E-state index in [9.17, 15) is 31.8 Å². The third-order valence-electron chi connectivity index (χ3n) is 3.59. The topological polar surface area (TPSA) is 114 Å². The molecular formula is C16H10F3N3O4S2. The van der Waals surface area contributed by atoms with E-state index in [1.165, 1.54) is 18.2 Å². The van der Waals surface area contributed by atoms with Gasteiger partial charge in [-0.05, 0) is 30.3 Å². The Morgan fingerprint density at radius 3 is 2.43 bits per heavy atom. The fraction of sp³-hybridized carbons (Fsp3) is 0.0625. The van der Waals surface area contributed by atoms with E-state index in [2.05, 4.69) is 0 Å². The number of phenolic OH excluding ortho intramolecular Hbond substituents is 1. The zero-order valence-electron chi connectivity index (χ0n) is 13.6. The SMILES string of the molecule is N#Cc1c(Sc2ccc(N3C=C(O)NS3(=O)=O)c(O)c2)cccc1C(F)(F)F. The molecular weight excluding hydrogens is 419 g/mol. The van der Waals surface area contributed by atoms with E-state index in [0.717, 1.165) is 36.2 Å². The molecule has 0 fully saturated rings. The van der Waals surface area contributed by atoms with Crippen LogP contribution in [0.15, 0.2) is 58.3 Å². The van der Waals surface area contributed by atoms with Crippen LogP contribution in [0, 0.1) is 11.3 Å². The van der Waals surface area contributed by atoms with Gasteiger partial charge in [-0.2, -0.15) is 26.9 Å². The molecule has 0 aliphatic carbocycles. The van der Waals surface area contributed by atoms with Crippen molar-refractivity contribution in [2.24, 2.45) is 0 Å². The highest BCUT2D eigenvalue weighted by molar-refractivity contribution is 7.99. The lowest BCUT2D eigenvalue weighted by Gasteiger charge is -2.16. The van der Waals surface area contributed by atoms with Gasteiger partial charge in [0.1, 0.15) is 17.5 Å². The molecule has 2 aromatic carbocycles. The molecule has 0 saturated carbocycles. The van der Waals surface area contributed by atoms with E-state index in [0.29, 0.717) is 4.31 Å². The lowest BCUT2D eigenvalue weighted by molar-refractivity contribution is -0.137. The number of aliphatic hydroxyl groups excluding tert-OH is 1. The Bertz CT molecular complexity index is 1120. The number of nitrogens with zero attached hydrogens (tertiary/aromatic N) is 2. The molecule has 2 aromatic rings. The van der Waals surface area contributed by atoms with E-state index in [4.69, 9.17) is 5.26 Å². The lowest BCUT2D eigenvalue weighted by atomic mass is 10.1. The second-order valence-electron chi connectivity index (χ2n) is 5.46. The summed E-state index contributed by atoms with van der Waals surface area (Å²) in [7, 11) is -4.11. The summed E-state index contributed by atoms with van der Waals surface area (Å²) in [6.45, 7) is 0. The Labute approximate surface area is 161 Å². The molecule has 0 bridgehead atoms. The molecule has 0 spiro atoms. The Morgan fingerprint density at radius 1 is 1.18 bits per heavy atom. The molecule has 0 amide bonds. The molecule has 0 atom stereocenters. The van der Waals surface area contributed by atoms with Crippen molar-refractivity contribution in [3.05, 3.63) is 59.6 Å². The van der Waals surface area contributed by atoms with Gasteiger partial charge in [0, 0.05) is 9.79 Å². The number of aromatic hydroxyl groups is 1. The van der Waals surface area contributed by atoms with E-state index in [-0.39, 0.29) is 15.5 Å². The van der Waals surface area contributed by atoms with E-state index in [1.807, 2.05) is 4.72 Å². The Kier molecular flexibility index (Phi) is 4.82. The molecule has 1 aliphatic heterocycles. The van der Waals surface area contributed by atoms with Gasteiger partial charge in [-0.15, -0.1) is 0 Å². The number of hydrogen-bond acceptors (Lipinski definition) is 6. The van der Waals surface area contributed by atoms with Crippen molar-refractivity contribution < 1.29 is 31.8 Å². The van der Waals surface area contributed by atoms with Gasteiger partial charge >= 0.3 is 16.4 Å². The molecule has 1 aliphatic rings. The molecule has 7 nitrogen and oxygen atoms in total. The summed E-state index contributed by atoms with van der Waals surface area (Å²) in [5.41, 5.74) is -1.80. The first-order chi connectivity index (χ1) is 13.0. The predicted molar refractivity (Wildman–Crippen MR) is 93.6 cm³/mol. The number of anilines is 1. The maximum absolute atomic E-state index is 13.1. The van der Waals surface area contributed by atoms with E-state index >= 15 is 0 Å². The van der Waals surface area contributed by atoms with Crippen LogP contribution < -0.4 is 9.03 Å².